The molecule has 0 unspecified atom stereocenters. The lowest BCUT2D eigenvalue weighted by Crippen LogP contribution is -2.39. The quantitative estimate of drug-likeness (QED) is 0.758. The molecular weight excluding hydrogens is 381 g/mol. The summed E-state index contributed by atoms with van der Waals surface area (Å²) in [5.41, 5.74) is 0.408. The van der Waals surface area contributed by atoms with E-state index in [0.717, 1.165) is 11.0 Å². The van der Waals surface area contributed by atoms with Crippen molar-refractivity contribution < 1.29 is 22.0 Å². The Labute approximate surface area is 159 Å². The fourth-order valence-corrected chi connectivity index (χ4v) is 3.25. The van der Waals surface area contributed by atoms with E-state index in [1.807, 2.05) is 0 Å². The van der Waals surface area contributed by atoms with Gasteiger partial charge in [-0.15, -0.1) is 0 Å². The standard InChI is InChI=1S/C18H20F5N5/c1-10-13(15(24)27(3)11(2)25-10)8-12-4-5-14(18(21,22)23)16(26-12)28-7-6-17(19,20)9-28/h4-5,24-25H,2,6-9H2,1,3H3. The van der Waals surface area contributed by atoms with E-state index < -0.39 is 36.4 Å². The molecule has 3 rings (SSSR count). The van der Waals surface area contributed by atoms with E-state index in [1.165, 1.54) is 11.0 Å². The highest BCUT2D eigenvalue weighted by atomic mass is 19.4. The number of hydrogen-bond donors (Lipinski definition) is 2. The lowest BCUT2D eigenvalue weighted by molar-refractivity contribution is -0.137. The maximum absolute atomic E-state index is 13.6. The average molecular weight is 401 g/mol. The number of alkyl halides is 5. The fourth-order valence-electron chi connectivity index (χ4n) is 3.25. The van der Waals surface area contributed by atoms with Gasteiger partial charge >= 0.3 is 6.18 Å². The Balaban J connectivity index is 1.98. The number of anilines is 1. The fraction of sp³-hybridized carbons (Fsp3) is 0.444. The molecule has 0 amide bonds. The molecule has 0 radical (unpaired) electrons. The third-order valence-corrected chi connectivity index (χ3v) is 4.88. The highest BCUT2D eigenvalue weighted by molar-refractivity contribution is 5.98. The summed E-state index contributed by atoms with van der Waals surface area (Å²) < 4.78 is 67.2. The molecule has 0 atom stereocenters. The molecule has 1 aromatic heterocycles. The SMILES string of the molecule is C=C1NC(C)=C(Cc2ccc(C(F)(F)F)c(N3CCC(F)(F)C3)n2)C(=N)N1C. The number of rotatable bonds is 3. The van der Waals surface area contributed by atoms with Crippen molar-refractivity contribution in [2.75, 3.05) is 25.0 Å². The Hall–Kier alpha value is -2.65. The van der Waals surface area contributed by atoms with Crippen LogP contribution in [0.15, 0.2) is 35.8 Å². The van der Waals surface area contributed by atoms with Gasteiger partial charge < -0.3 is 15.1 Å². The van der Waals surface area contributed by atoms with E-state index in [0.29, 0.717) is 17.1 Å². The minimum atomic E-state index is -4.70. The molecule has 152 valence electrons. The van der Waals surface area contributed by atoms with Gasteiger partial charge in [-0.3, -0.25) is 5.41 Å². The van der Waals surface area contributed by atoms with Gasteiger partial charge in [0.05, 0.1) is 12.1 Å². The summed E-state index contributed by atoms with van der Waals surface area (Å²) in [5.74, 6) is -2.88. The second kappa shape index (κ2) is 6.75. The molecule has 2 N–H and O–H groups in total. The minimum Gasteiger partial charge on any atom is -0.350 e. The number of amidine groups is 1. The van der Waals surface area contributed by atoms with Crippen LogP contribution >= 0.6 is 0 Å². The smallest absolute Gasteiger partial charge is 0.350 e. The molecular formula is C18H20F5N5. The zero-order valence-corrected chi connectivity index (χ0v) is 15.4. The summed E-state index contributed by atoms with van der Waals surface area (Å²) in [6, 6.07) is 2.09. The zero-order valence-electron chi connectivity index (χ0n) is 15.4. The van der Waals surface area contributed by atoms with Crippen molar-refractivity contribution in [2.45, 2.75) is 31.9 Å². The maximum atomic E-state index is 13.6. The largest absolute Gasteiger partial charge is 0.419 e. The van der Waals surface area contributed by atoms with Crippen molar-refractivity contribution in [1.82, 2.24) is 15.2 Å². The summed E-state index contributed by atoms with van der Waals surface area (Å²) in [6.45, 7) is 4.51. The van der Waals surface area contributed by atoms with E-state index in [4.69, 9.17) is 5.41 Å². The van der Waals surface area contributed by atoms with Gasteiger partial charge in [0.2, 0.25) is 0 Å². The Kier molecular flexibility index (Phi) is 4.84. The lowest BCUT2D eigenvalue weighted by atomic mass is 10.0. The molecule has 2 aliphatic heterocycles. The molecule has 0 aliphatic carbocycles. The number of aromatic nitrogens is 1. The van der Waals surface area contributed by atoms with Crippen LogP contribution in [-0.2, 0) is 12.6 Å². The van der Waals surface area contributed by atoms with Gasteiger partial charge in [-0.25, -0.2) is 13.8 Å². The molecule has 0 bridgehead atoms. The molecule has 3 heterocycles. The van der Waals surface area contributed by atoms with Crippen LogP contribution in [0.2, 0.25) is 0 Å². The minimum absolute atomic E-state index is 0.0880. The van der Waals surface area contributed by atoms with Gasteiger partial charge in [0.25, 0.3) is 5.92 Å². The maximum Gasteiger partial charge on any atom is 0.419 e. The molecule has 2 aliphatic rings. The van der Waals surface area contributed by atoms with E-state index in [-0.39, 0.29) is 24.5 Å². The zero-order chi connectivity index (χ0) is 20.9. The normalized spacial score (nSPS) is 20.1. The summed E-state index contributed by atoms with van der Waals surface area (Å²) in [6.07, 6.45) is -5.13. The van der Waals surface area contributed by atoms with Crippen LogP contribution in [0.5, 0.6) is 0 Å². The first-order valence-electron chi connectivity index (χ1n) is 8.57. The van der Waals surface area contributed by atoms with Crippen molar-refractivity contribution >= 4 is 11.7 Å². The first-order valence-corrected chi connectivity index (χ1v) is 8.57. The van der Waals surface area contributed by atoms with Crippen LogP contribution < -0.4 is 10.2 Å². The van der Waals surface area contributed by atoms with E-state index in [2.05, 4.69) is 16.9 Å². The highest BCUT2D eigenvalue weighted by Gasteiger charge is 2.43. The summed E-state index contributed by atoms with van der Waals surface area (Å²) >= 11 is 0. The van der Waals surface area contributed by atoms with E-state index >= 15 is 0 Å². The van der Waals surface area contributed by atoms with Gasteiger partial charge in [0.1, 0.15) is 17.5 Å². The van der Waals surface area contributed by atoms with Crippen LogP contribution in [0.1, 0.15) is 24.6 Å². The predicted octanol–water partition coefficient (Wildman–Crippen LogP) is 3.75. The molecule has 1 fully saturated rings. The number of likely N-dealkylation sites (N-methyl/N-ethyl adjacent to an activating group) is 1. The van der Waals surface area contributed by atoms with Crippen molar-refractivity contribution in [2.24, 2.45) is 0 Å². The monoisotopic (exact) mass is 401 g/mol. The van der Waals surface area contributed by atoms with Gasteiger partial charge in [0, 0.05) is 43.4 Å². The van der Waals surface area contributed by atoms with Crippen LogP contribution in [-0.4, -0.2) is 41.8 Å². The molecule has 0 aromatic carbocycles. The molecule has 28 heavy (non-hydrogen) atoms. The van der Waals surface area contributed by atoms with Crippen molar-refractivity contribution in [3.8, 4) is 0 Å². The first-order chi connectivity index (χ1) is 12.9. The molecule has 0 saturated carbocycles. The Morgan fingerprint density at radius 3 is 2.57 bits per heavy atom. The van der Waals surface area contributed by atoms with E-state index in [9.17, 15) is 22.0 Å². The Morgan fingerprint density at radius 1 is 1.32 bits per heavy atom. The van der Waals surface area contributed by atoms with Crippen LogP contribution in [0, 0.1) is 5.41 Å². The number of halogens is 5. The molecule has 0 spiro atoms. The molecule has 1 aromatic rings. The molecule has 1 saturated heterocycles. The van der Waals surface area contributed by atoms with E-state index in [1.54, 1.807) is 14.0 Å². The van der Waals surface area contributed by atoms with Crippen molar-refractivity contribution in [3.05, 3.63) is 47.1 Å². The van der Waals surface area contributed by atoms with Crippen molar-refractivity contribution in [1.29, 1.82) is 5.41 Å². The van der Waals surface area contributed by atoms with Gasteiger partial charge in [-0.2, -0.15) is 13.2 Å². The second-order valence-electron chi connectivity index (χ2n) is 6.96. The molecule has 10 heteroatoms. The highest BCUT2D eigenvalue weighted by Crippen LogP contribution is 2.39. The topological polar surface area (TPSA) is 55.3 Å². The van der Waals surface area contributed by atoms with Gasteiger partial charge in [0.15, 0.2) is 0 Å². The number of allylic oxidation sites excluding steroid dienone is 1. The van der Waals surface area contributed by atoms with Crippen LogP contribution in [0.3, 0.4) is 0 Å². The summed E-state index contributed by atoms with van der Waals surface area (Å²) in [4.78, 5) is 6.55. The number of hydrogen-bond acceptors (Lipinski definition) is 4. The van der Waals surface area contributed by atoms with Gasteiger partial charge in [-0.1, -0.05) is 6.58 Å². The average Bonchev–Trinajstić information content (AvgIpc) is 2.95. The third-order valence-electron chi connectivity index (χ3n) is 4.88. The predicted molar refractivity (Wildman–Crippen MR) is 95.2 cm³/mol. The number of pyridine rings is 1. The first kappa shape index (κ1) is 20.1. The Morgan fingerprint density at radius 2 is 2.00 bits per heavy atom. The van der Waals surface area contributed by atoms with Gasteiger partial charge in [-0.05, 0) is 19.1 Å². The van der Waals surface area contributed by atoms with Crippen LogP contribution in [0.25, 0.3) is 0 Å². The number of nitrogens with one attached hydrogen (secondary N) is 2. The lowest BCUT2D eigenvalue weighted by Gasteiger charge is -2.31. The Bertz CT molecular complexity index is 858. The molecule has 5 nitrogen and oxygen atoms in total. The second-order valence-corrected chi connectivity index (χ2v) is 6.96. The van der Waals surface area contributed by atoms with Crippen molar-refractivity contribution in [3.63, 3.8) is 0 Å². The summed E-state index contributed by atoms with van der Waals surface area (Å²) in [7, 11) is 1.64. The third kappa shape index (κ3) is 3.81. The summed E-state index contributed by atoms with van der Waals surface area (Å²) in [5, 5.41) is 11.2. The van der Waals surface area contributed by atoms with Crippen LogP contribution in [0.4, 0.5) is 27.8 Å². The number of nitrogens with zero attached hydrogens (tertiary/aromatic N) is 3.